The summed E-state index contributed by atoms with van der Waals surface area (Å²) in [5.41, 5.74) is 4.27. The lowest BCUT2D eigenvalue weighted by molar-refractivity contribution is -0.123. The first-order valence-corrected chi connectivity index (χ1v) is 10.1. The van der Waals surface area contributed by atoms with E-state index in [4.69, 9.17) is 0 Å². The number of carbonyl (C=O) groups excluding carboxylic acids is 2. The van der Waals surface area contributed by atoms with Crippen LogP contribution in [-0.2, 0) is 17.8 Å². The highest BCUT2D eigenvalue weighted by Crippen LogP contribution is 2.31. The molecule has 146 valence electrons. The summed E-state index contributed by atoms with van der Waals surface area (Å²) >= 11 is 0. The van der Waals surface area contributed by atoms with Crippen molar-refractivity contribution in [2.75, 3.05) is 31.6 Å². The number of hydrogen-bond donors (Lipinski definition) is 1. The lowest BCUT2D eigenvalue weighted by Gasteiger charge is -2.33. The molecule has 2 aliphatic rings. The van der Waals surface area contributed by atoms with Crippen LogP contribution in [0.25, 0.3) is 0 Å². The molecule has 2 aromatic rings. The topological polar surface area (TPSA) is 52.7 Å². The zero-order chi connectivity index (χ0) is 19.5. The maximum absolute atomic E-state index is 13.0. The summed E-state index contributed by atoms with van der Waals surface area (Å²) < 4.78 is 0. The van der Waals surface area contributed by atoms with Crippen LogP contribution in [0, 0.1) is 5.92 Å². The monoisotopic (exact) mass is 377 g/mol. The van der Waals surface area contributed by atoms with Crippen LogP contribution in [0.1, 0.15) is 34.3 Å². The Morgan fingerprint density at radius 1 is 1.00 bits per heavy atom. The first kappa shape index (κ1) is 18.7. The number of benzene rings is 2. The molecule has 2 aliphatic heterocycles. The van der Waals surface area contributed by atoms with Crippen LogP contribution in [-0.4, -0.2) is 43.4 Å². The predicted molar refractivity (Wildman–Crippen MR) is 110 cm³/mol. The van der Waals surface area contributed by atoms with Crippen LogP contribution in [0.5, 0.6) is 0 Å². The van der Waals surface area contributed by atoms with Crippen LogP contribution in [0.4, 0.5) is 5.69 Å². The van der Waals surface area contributed by atoms with Crippen molar-refractivity contribution in [2.45, 2.75) is 25.8 Å². The van der Waals surface area contributed by atoms with E-state index in [-0.39, 0.29) is 11.8 Å². The van der Waals surface area contributed by atoms with E-state index in [1.54, 1.807) is 7.05 Å². The number of hydrogen-bond acceptors (Lipinski definition) is 3. The second-order valence-electron chi connectivity index (χ2n) is 7.70. The molecule has 0 bridgehead atoms. The molecule has 0 aliphatic carbocycles. The standard InChI is InChI=1S/C23H27N3O2/c1-24-22(27)19-8-6-17(7-9-19)16-25-13-10-20(11-14-25)23(28)26-15-12-18-4-2-3-5-21(18)26/h2-9,20H,10-16H2,1H3,(H,24,27). The first-order valence-electron chi connectivity index (χ1n) is 10.1. The van der Waals surface area contributed by atoms with Crippen molar-refractivity contribution in [3.63, 3.8) is 0 Å². The van der Waals surface area contributed by atoms with Crippen molar-refractivity contribution in [3.05, 3.63) is 65.2 Å². The SMILES string of the molecule is CNC(=O)c1ccc(CN2CCC(C(=O)N3CCc4ccccc43)CC2)cc1. The van der Waals surface area contributed by atoms with E-state index < -0.39 is 0 Å². The average molecular weight is 377 g/mol. The molecule has 0 spiro atoms. The minimum Gasteiger partial charge on any atom is -0.355 e. The molecule has 0 aromatic heterocycles. The van der Waals surface area contributed by atoms with E-state index in [2.05, 4.69) is 22.3 Å². The smallest absolute Gasteiger partial charge is 0.251 e. The summed E-state index contributed by atoms with van der Waals surface area (Å²) in [4.78, 5) is 29.1. The van der Waals surface area contributed by atoms with Crippen molar-refractivity contribution in [3.8, 4) is 0 Å². The van der Waals surface area contributed by atoms with Crippen LogP contribution < -0.4 is 10.2 Å². The summed E-state index contributed by atoms with van der Waals surface area (Å²) in [6, 6.07) is 16.0. The maximum atomic E-state index is 13.0. The molecule has 1 fully saturated rings. The number of para-hydroxylation sites is 1. The number of fused-ring (bicyclic) bond motifs is 1. The molecule has 0 atom stereocenters. The van der Waals surface area contributed by atoms with Gasteiger partial charge in [-0.1, -0.05) is 30.3 Å². The van der Waals surface area contributed by atoms with Crippen molar-refractivity contribution in [1.82, 2.24) is 10.2 Å². The highest BCUT2D eigenvalue weighted by Gasteiger charge is 2.32. The zero-order valence-electron chi connectivity index (χ0n) is 16.4. The molecule has 0 saturated carbocycles. The number of rotatable bonds is 4. The number of amides is 2. The molecule has 5 nitrogen and oxygen atoms in total. The van der Waals surface area contributed by atoms with E-state index in [0.717, 1.165) is 51.1 Å². The van der Waals surface area contributed by atoms with Gasteiger partial charge in [0.1, 0.15) is 0 Å². The molecule has 2 aromatic carbocycles. The molecule has 1 N–H and O–H groups in total. The molecule has 0 unspecified atom stereocenters. The summed E-state index contributed by atoms with van der Waals surface area (Å²) in [6.45, 7) is 3.55. The van der Waals surface area contributed by atoms with Gasteiger partial charge in [-0.25, -0.2) is 0 Å². The van der Waals surface area contributed by atoms with Crippen molar-refractivity contribution in [2.24, 2.45) is 5.92 Å². The zero-order valence-corrected chi connectivity index (χ0v) is 16.4. The minimum absolute atomic E-state index is 0.0608. The van der Waals surface area contributed by atoms with Crippen molar-refractivity contribution < 1.29 is 9.59 Å². The van der Waals surface area contributed by atoms with E-state index in [1.807, 2.05) is 41.3 Å². The third-order valence-corrected chi connectivity index (χ3v) is 5.94. The molecule has 0 radical (unpaired) electrons. The Morgan fingerprint density at radius 3 is 2.43 bits per heavy atom. The summed E-state index contributed by atoms with van der Waals surface area (Å²) in [6.07, 6.45) is 2.79. The van der Waals surface area contributed by atoms with Gasteiger partial charge in [0, 0.05) is 37.3 Å². The summed E-state index contributed by atoms with van der Waals surface area (Å²) in [5.74, 6) is 0.354. The number of piperidine rings is 1. The molecule has 4 rings (SSSR count). The van der Waals surface area contributed by atoms with Gasteiger partial charge < -0.3 is 10.2 Å². The van der Waals surface area contributed by atoms with Gasteiger partial charge in [0.25, 0.3) is 5.91 Å². The second-order valence-corrected chi connectivity index (χ2v) is 7.70. The van der Waals surface area contributed by atoms with Gasteiger partial charge in [-0.2, -0.15) is 0 Å². The Kier molecular flexibility index (Phi) is 5.44. The quantitative estimate of drug-likeness (QED) is 0.891. The highest BCUT2D eigenvalue weighted by molar-refractivity contribution is 5.97. The first-order chi connectivity index (χ1) is 13.7. The third kappa shape index (κ3) is 3.80. The van der Waals surface area contributed by atoms with Gasteiger partial charge >= 0.3 is 0 Å². The molecule has 2 amide bonds. The number of anilines is 1. The molecule has 28 heavy (non-hydrogen) atoms. The van der Waals surface area contributed by atoms with Gasteiger partial charge in [0.2, 0.25) is 5.91 Å². The molecular formula is C23H27N3O2. The Morgan fingerprint density at radius 2 is 1.71 bits per heavy atom. The van der Waals surface area contributed by atoms with Gasteiger partial charge in [0.15, 0.2) is 0 Å². The summed E-state index contributed by atoms with van der Waals surface area (Å²) in [5, 5.41) is 2.64. The third-order valence-electron chi connectivity index (χ3n) is 5.94. The lowest BCUT2D eigenvalue weighted by Crippen LogP contribution is -2.41. The fourth-order valence-corrected chi connectivity index (χ4v) is 4.29. The maximum Gasteiger partial charge on any atom is 0.251 e. The molecule has 2 heterocycles. The second kappa shape index (κ2) is 8.15. The Bertz CT molecular complexity index is 854. The van der Waals surface area contributed by atoms with Gasteiger partial charge in [-0.15, -0.1) is 0 Å². The Labute approximate surface area is 166 Å². The van der Waals surface area contributed by atoms with Gasteiger partial charge in [-0.3, -0.25) is 14.5 Å². The predicted octanol–water partition coefficient (Wildman–Crippen LogP) is 2.85. The minimum atomic E-state index is -0.0608. The van der Waals surface area contributed by atoms with Gasteiger partial charge in [0.05, 0.1) is 0 Å². The Balaban J connectivity index is 1.31. The van der Waals surface area contributed by atoms with Crippen molar-refractivity contribution in [1.29, 1.82) is 0 Å². The van der Waals surface area contributed by atoms with E-state index in [0.29, 0.717) is 11.5 Å². The Hall–Kier alpha value is -2.66. The van der Waals surface area contributed by atoms with E-state index in [9.17, 15) is 9.59 Å². The van der Waals surface area contributed by atoms with Crippen LogP contribution >= 0.6 is 0 Å². The number of nitrogens with one attached hydrogen (secondary N) is 1. The van der Waals surface area contributed by atoms with Gasteiger partial charge in [-0.05, 0) is 61.7 Å². The number of likely N-dealkylation sites (tertiary alicyclic amines) is 1. The normalized spacial score (nSPS) is 17.4. The molecule has 5 heteroatoms. The molecule has 1 saturated heterocycles. The van der Waals surface area contributed by atoms with Crippen LogP contribution in [0.3, 0.4) is 0 Å². The van der Waals surface area contributed by atoms with Crippen LogP contribution in [0.15, 0.2) is 48.5 Å². The van der Waals surface area contributed by atoms with E-state index in [1.165, 1.54) is 11.1 Å². The average Bonchev–Trinajstić information content (AvgIpc) is 3.18. The number of carbonyl (C=O) groups is 2. The van der Waals surface area contributed by atoms with E-state index >= 15 is 0 Å². The van der Waals surface area contributed by atoms with Crippen molar-refractivity contribution >= 4 is 17.5 Å². The largest absolute Gasteiger partial charge is 0.355 e. The fraction of sp³-hybridized carbons (Fsp3) is 0.391. The lowest BCUT2D eigenvalue weighted by atomic mass is 9.94. The summed E-state index contributed by atoms with van der Waals surface area (Å²) in [7, 11) is 1.64. The highest BCUT2D eigenvalue weighted by atomic mass is 16.2. The number of nitrogens with zero attached hydrogens (tertiary/aromatic N) is 2. The van der Waals surface area contributed by atoms with Crippen LogP contribution in [0.2, 0.25) is 0 Å². The molecular weight excluding hydrogens is 350 g/mol. The fourth-order valence-electron chi connectivity index (χ4n) is 4.29.